The van der Waals surface area contributed by atoms with Gasteiger partial charge in [-0.05, 0) is 38.0 Å². The number of carbonyl (C=O) groups excluding carboxylic acids is 1. The molecule has 2 heterocycles. The zero-order valence-corrected chi connectivity index (χ0v) is 20.8. The van der Waals surface area contributed by atoms with E-state index < -0.39 is 10.0 Å². The lowest BCUT2D eigenvalue weighted by atomic mass is 10.1. The summed E-state index contributed by atoms with van der Waals surface area (Å²) in [6.07, 6.45) is 3.35. The van der Waals surface area contributed by atoms with Crippen LogP contribution < -0.4 is 4.90 Å². The molecular formula is C22H32ClN5O3S. The number of hydrogen-bond donors (Lipinski definition) is 0. The molecule has 176 valence electrons. The van der Waals surface area contributed by atoms with Crippen LogP contribution in [0.25, 0.3) is 0 Å². The molecule has 0 bridgehead atoms. The SMILES string of the molecule is CCCCN(C)C(=O)c1cn(CC)nc1S(=O)(=O)N1CCN(c2cc(Cl)ccc2C)CC1. The first-order valence-electron chi connectivity index (χ1n) is 11.0. The molecule has 1 fully saturated rings. The van der Waals surface area contributed by atoms with Gasteiger partial charge in [0.2, 0.25) is 5.03 Å². The van der Waals surface area contributed by atoms with Crippen molar-refractivity contribution in [3.05, 3.63) is 40.5 Å². The highest BCUT2D eigenvalue weighted by Crippen LogP contribution is 2.27. The van der Waals surface area contributed by atoms with Gasteiger partial charge in [0, 0.05) is 63.2 Å². The molecule has 32 heavy (non-hydrogen) atoms. The van der Waals surface area contributed by atoms with E-state index in [9.17, 15) is 13.2 Å². The van der Waals surface area contributed by atoms with Crippen LogP contribution >= 0.6 is 11.6 Å². The smallest absolute Gasteiger partial charge is 0.263 e. The zero-order chi connectivity index (χ0) is 23.5. The first kappa shape index (κ1) is 24.5. The third kappa shape index (κ3) is 5.10. The van der Waals surface area contributed by atoms with Gasteiger partial charge in [0.15, 0.2) is 0 Å². The van der Waals surface area contributed by atoms with Crippen molar-refractivity contribution in [1.82, 2.24) is 19.0 Å². The summed E-state index contributed by atoms with van der Waals surface area (Å²) in [7, 11) is -2.21. The minimum absolute atomic E-state index is 0.138. The van der Waals surface area contributed by atoms with Crippen molar-refractivity contribution in [2.45, 2.75) is 45.2 Å². The summed E-state index contributed by atoms with van der Waals surface area (Å²) in [6, 6.07) is 5.72. The average molecular weight is 482 g/mol. The maximum atomic E-state index is 13.5. The summed E-state index contributed by atoms with van der Waals surface area (Å²) in [5.41, 5.74) is 2.24. The molecule has 0 saturated carbocycles. The van der Waals surface area contributed by atoms with E-state index in [1.165, 1.54) is 8.99 Å². The van der Waals surface area contributed by atoms with Gasteiger partial charge < -0.3 is 9.80 Å². The minimum Gasteiger partial charge on any atom is -0.369 e. The van der Waals surface area contributed by atoms with E-state index in [0.29, 0.717) is 44.3 Å². The van der Waals surface area contributed by atoms with Crippen LogP contribution in [0.2, 0.25) is 5.02 Å². The Morgan fingerprint density at radius 1 is 1.19 bits per heavy atom. The van der Waals surface area contributed by atoms with Crippen molar-refractivity contribution in [2.24, 2.45) is 0 Å². The second-order valence-electron chi connectivity index (χ2n) is 8.11. The fraction of sp³-hybridized carbons (Fsp3) is 0.545. The molecule has 0 radical (unpaired) electrons. The second kappa shape index (κ2) is 10.2. The third-order valence-electron chi connectivity index (χ3n) is 5.81. The molecule has 0 N–H and O–H groups in total. The number of amides is 1. The molecule has 0 unspecified atom stereocenters. The lowest BCUT2D eigenvalue weighted by Gasteiger charge is -2.36. The topological polar surface area (TPSA) is 78.8 Å². The molecule has 2 aromatic rings. The number of unbranched alkanes of at least 4 members (excludes halogenated alkanes) is 1. The number of piperazine rings is 1. The number of carbonyl (C=O) groups is 1. The van der Waals surface area contributed by atoms with Crippen LogP contribution in [0.15, 0.2) is 29.4 Å². The second-order valence-corrected chi connectivity index (χ2v) is 10.4. The minimum atomic E-state index is -3.90. The quantitative estimate of drug-likeness (QED) is 0.578. The van der Waals surface area contributed by atoms with Gasteiger partial charge >= 0.3 is 0 Å². The molecule has 1 saturated heterocycles. The van der Waals surface area contributed by atoms with E-state index in [-0.39, 0.29) is 16.5 Å². The normalized spacial score (nSPS) is 15.2. The number of nitrogens with zero attached hydrogens (tertiary/aromatic N) is 5. The molecular weight excluding hydrogens is 450 g/mol. The van der Waals surface area contributed by atoms with Crippen molar-refractivity contribution in [3.63, 3.8) is 0 Å². The first-order valence-corrected chi connectivity index (χ1v) is 12.8. The molecule has 1 amide bonds. The fourth-order valence-electron chi connectivity index (χ4n) is 3.82. The van der Waals surface area contributed by atoms with Gasteiger partial charge in [-0.1, -0.05) is 31.0 Å². The van der Waals surface area contributed by atoms with Crippen LogP contribution in [0.4, 0.5) is 5.69 Å². The summed E-state index contributed by atoms with van der Waals surface area (Å²) < 4.78 is 29.9. The van der Waals surface area contributed by atoms with Gasteiger partial charge in [-0.25, -0.2) is 8.42 Å². The van der Waals surface area contributed by atoms with Crippen LogP contribution in [-0.4, -0.2) is 73.1 Å². The summed E-state index contributed by atoms with van der Waals surface area (Å²) in [4.78, 5) is 16.7. The molecule has 10 heteroatoms. The van der Waals surface area contributed by atoms with E-state index in [4.69, 9.17) is 11.6 Å². The highest BCUT2D eigenvalue weighted by molar-refractivity contribution is 7.89. The Morgan fingerprint density at radius 3 is 2.50 bits per heavy atom. The molecule has 0 atom stereocenters. The van der Waals surface area contributed by atoms with Gasteiger partial charge in [0.05, 0.1) is 5.56 Å². The lowest BCUT2D eigenvalue weighted by molar-refractivity contribution is 0.0789. The van der Waals surface area contributed by atoms with Crippen LogP contribution in [0.3, 0.4) is 0 Å². The number of halogens is 1. The number of aryl methyl sites for hydroxylation is 2. The van der Waals surface area contributed by atoms with E-state index >= 15 is 0 Å². The van der Waals surface area contributed by atoms with E-state index in [1.54, 1.807) is 18.1 Å². The highest BCUT2D eigenvalue weighted by Gasteiger charge is 2.35. The third-order valence-corrected chi connectivity index (χ3v) is 7.88. The molecule has 1 aromatic carbocycles. The monoisotopic (exact) mass is 481 g/mol. The zero-order valence-electron chi connectivity index (χ0n) is 19.2. The van der Waals surface area contributed by atoms with Gasteiger partial charge in [-0.15, -0.1) is 0 Å². The largest absolute Gasteiger partial charge is 0.369 e. The Kier molecular flexibility index (Phi) is 7.84. The number of anilines is 1. The first-order chi connectivity index (χ1) is 15.2. The highest BCUT2D eigenvalue weighted by atomic mass is 35.5. The van der Waals surface area contributed by atoms with E-state index in [1.807, 2.05) is 39.0 Å². The predicted octanol–water partition coefficient (Wildman–Crippen LogP) is 3.25. The molecule has 1 aromatic heterocycles. The van der Waals surface area contributed by atoms with E-state index in [2.05, 4.69) is 10.00 Å². The summed E-state index contributed by atoms with van der Waals surface area (Å²) >= 11 is 6.16. The van der Waals surface area contributed by atoms with E-state index in [0.717, 1.165) is 24.1 Å². The number of rotatable bonds is 8. The Balaban J connectivity index is 1.82. The summed E-state index contributed by atoms with van der Waals surface area (Å²) in [6.45, 7) is 8.68. The van der Waals surface area contributed by atoms with Gasteiger partial charge in [0.25, 0.3) is 15.9 Å². The summed E-state index contributed by atoms with van der Waals surface area (Å²) in [5, 5.41) is 4.77. The molecule has 1 aliphatic rings. The van der Waals surface area contributed by atoms with Gasteiger partial charge in [-0.3, -0.25) is 9.48 Å². The van der Waals surface area contributed by atoms with Gasteiger partial charge in [0.1, 0.15) is 0 Å². The van der Waals surface area contributed by atoms with Crippen molar-refractivity contribution in [1.29, 1.82) is 0 Å². The number of hydrogen-bond acceptors (Lipinski definition) is 5. The predicted molar refractivity (Wildman–Crippen MR) is 127 cm³/mol. The molecule has 3 rings (SSSR count). The molecule has 1 aliphatic heterocycles. The van der Waals surface area contributed by atoms with Gasteiger partial charge in [-0.2, -0.15) is 9.40 Å². The Labute approximate surface area is 195 Å². The lowest BCUT2D eigenvalue weighted by Crippen LogP contribution is -2.49. The summed E-state index contributed by atoms with van der Waals surface area (Å²) in [5.74, 6) is -0.315. The molecule has 0 spiro atoms. The molecule has 0 aliphatic carbocycles. The van der Waals surface area contributed by atoms with Crippen molar-refractivity contribution >= 4 is 33.2 Å². The van der Waals surface area contributed by atoms with Crippen LogP contribution in [0.1, 0.15) is 42.6 Å². The number of sulfonamides is 1. The Morgan fingerprint density at radius 2 is 1.88 bits per heavy atom. The standard InChI is InChI=1S/C22H32ClN5O3S/c1-5-7-10-25(4)22(29)19-16-27(6-2)24-21(19)32(30,31)28-13-11-26(12-14-28)20-15-18(23)9-8-17(20)3/h8-9,15-16H,5-7,10-14H2,1-4H3. The van der Waals surface area contributed by atoms with Crippen LogP contribution in [0.5, 0.6) is 0 Å². The fourth-order valence-corrected chi connectivity index (χ4v) is 5.50. The Bertz CT molecular complexity index is 1060. The van der Waals surface area contributed by atoms with Crippen LogP contribution in [-0.2, 0) is 16.6 Å². The maximum absolute atomic E-state index is 13.5. The maximum Gasteiger partial charge on any atom is 0.263 e. The van der Waals surface area contributed by atoms with Crippen molar-refractivity contribution < 1.29 is 13.2 Å². The van der Waals surface area contributed by atoms with Crippen molar-refractivity contribution in [2.75, 3.05) is 44.7 Å². The Hall–Kier alpha value is -2.10. The number of aromatic nitrogens is 2. The van der Waals surface area contributed by atoms with Crippen LogP contribution in [0, 0.1) is 6.92 Å². The molecule has 8 nitrogen and oxygen atoms in total. The number of benzene rings is 1. The average Bonchev–Trinajstić information content (AvgIpc) is 3.24. The van der Waals surface area contributed by atoms with Crippen molar-refractivity contribution in [3.8, 4) is 0 Å².